The number of rotatable bonds is 4. The predicted molar refractivity (Wildman–Crippen MR) is 110 cm³/mol. The molecule has 8 heteroatoms. The quantitative estimate of drug-likeness (QED) is 0.422. The number of aromatic amines is 1. The summed E-state index contributed by atoms with van der Waals surface area (Å²) in [6.07, 6.45) is 1.74. The number of morpholine rings is 1. The SMILES string of the molecule is C(=N\Nc1nnc2c(n1)[nH]c1ccccc12)/c1ccc(N2CCOCC2)cc1. The van der Waals surface area contributed by atoms with Gasteiger partial charge < -0.3 is 14.6 Å². The maximum absolute atomic E-state index is 5.39. The number of ether oxygens (including phenoxy) is 1. The summed E-state index contributed by atoms with van der Waals surface area (Å²) in [5.41, 5.74) is 7.46. The van der Waals surface area contributed by atoms with Crippen molar-refractivity contribution >= 4 is 39.9 Å². The topological polar surface area (TPSA) is 91.3 Å². The van der Waals surface area contributed by atoms with Crippen molar-refractivity contribution in [3.05, 3.63) is 54.1 Å². The normalized spacial score (nSPS) is 14.9. The molecule has 0 radical (unpaired) electrons. The smallest absolute Gasteiger partial charge is 0.265 e. The highest BCUT2D eigenvalue weighted by atomic mass is 16.5. The average molecular weight is 373 g/mol. The first-order valence-electron chi connectivity index (χ1n) is 9.20. The Morgan fingerprint density at radius 3 is 2.71 bits per heavy atom. The molecule has 2 N–H and O–H groups in total. The molecule has 4 aromatic rings. The van der Waals surface area contributed by atoms with Gasteiger partial charge >= 0.3 is 0 Å². The van der Waals surface area contributed by atoms with Crippen LogP contribution >= 0.6 is 0 Å². The molecule has 0 spiro atoms. The van der Waals surface area contributed by atoms with Gasteiger partial charge in [0.2, 0.25) is 0 Å². The van der Waals surface area contributed by atoms with Gasteiger partial charge in [-0.2, -0.15) is 10.1 Å². The summed E-state index contributed by atoms with van der Waals surface area (Å²) >= 11 is 0. The van der Waals surface area contributed by atoms with Crippen LogP contribution in [-0.2, 0) is 4.74 Å². The molecule has 2 aromatic heterocycles. The third-order valence-corrected chi connectivity index (χ3v) is 4.77. The van der Waals surface area contributed by atoms with Gasteiger partial charge in [-0.3, -0.25) is 0 Å². The number of aromatic nitrogens is 4. The minimum Gasteiger partial charge on any atom is -0.378 e. The Hall–Kier alpha value is -3.52. The van der Waals surface area contributed by atoms with Crippen molar-refractivity contribution in [2.75, 3.05) is 36.6 Å². The number of hydrazone groups is 1. The van der Waals surface area contributed by atoms with Crippen LogP contribution in [0.25, 0.3) is 22.1 Å². The maximum Gasteiger partial charge on any atom is 0.265 e. The first-order chi connectivity index (χ1) is 13.9. The van der Waals surface area contributed by atoms with Crippen LogP contribution in [0.5, 0.6) is 0 Å². The molecule has 2 aromatic carbocycles. The van der Waals surface area contributed by atoms with Crippen LogP contribution in [0.4, 0.5) is 11.6 Å². The number of hydrogen-bond donors (Lipinski definition) is 2. The van der Waals surface area contributed by atoms with E-state index in [1.54, 1.807) is 6.21 Å². The number of para-hydroxylation sites is 1. The summed E-state index contributed by atoms with van der Waals surface area (Å²) in [5.74, 6) is 0.347. The molecule has 5 rings (SSSR count). The molecule has 0 unspecified atom stereocenters. The lowest BCUT2D eigenvalue weighted by atomic mass is 10.2. The minimum atomic E-state index is 0.347. The first-order valence-corrected chi connectivity index (χ1v) is 9.20. The van der Waals surface area contributed by atoms with Gasteiger partial charge in [-0.05, 0) is 23.8 Å². The number of fused-ring (bicyclic) bond motifs is 3. The van der Waals surface area contributed by atoms with E-state index in [1.165, 1.54) is 5.69 Å². The summed E-state index contributed by atoms with van der Waals surface area (Å²) in [7, 11) is 0. The summed E-state index contributed by atoms with van der Waals surface area (Å²) in [5, 5.41) is 13.6. The van der Waals surface area contributed by atoms with E-state index in [-0.39, 0.29) is 0 Å². The van der Waals surface area contributed by atoms with E-state index >= 15 is 0 Å². The van der Waals surface area contributed by atoms with Crippen molar-refractivity contribution in [3.63, 3.8) is 0 Å². The van der Waals surface area contributed by atoms with Crippen LogP contribution in [0.1, 0.15) is 5.56 Å². The molecule has 1 aliphatic rings. The number of hydrogen-bond acceptors (Lipinski definition) is 7. The molecule has 3 heterocycles. The van der Waals surface area contributed by atoms with Crippen molar-refractivity contribution in [3.8, 4) is 0 Å². The van der Waals surface area contributed by atoms with E-state index in [0.717, 1.165) is 48.3 Å². The lowest BCUT2D eigenvalue weighted by molar-refractivity contribution is 0.122. The van der Waals surface area contributed by atoms with Crippen molar-refractivity contribution in [2.24, 2.45) is 5.10 Å². The van der Waals surface area contributed by atoms with Gasteiger partial charge in [0.25, 0.3) is 5.95 Å². The predicted octanol–water partition coefficient (Wildman–Crippen LogP) is 2.79. The van der Waals surface area contributed by atoms with Gasteiger partial charge in [0.15, 0.2) is 5.65 Å². The fourth-order valence-corrected chi connectivity index (χ4v) is 3.33. The fraction of sp³-hybridized carbons (Fsp3) is 0.200. The van der Waals surface area contributed by atoms with Gasteiger partial charge in [-0.25, -0.2) is 5.43 Å². The number of nitrogens with zero attached hydrogens (tertiary/aromatic N) is 5. The number of benzene rings is 2. The summed E-state index contributed by atoms with van der Waals surface area (Å²) in [6, 6.07) is 16.2. The van der Waals surface area contributed by atoms with Gasteiger partial charge in [0.05, 0.1) is 19.4 Å². The van der Waals surface area contributed by atoms with Crippen LogP contribution in [0.15, 0.2) is 53.6 Å². The Kier molecular flexibility index (Phi) is 4.30. The van der Waals surface area contributed by atoms with E-state index in [0.29, 0.717) is 11.6 Å². The fourth-order valence-electron chi connectivity index (χ4n) is 3.33. The molecule has 0 atom stereocenters. The Morgan fingerprint density at radius 2 is 1.86 bits per heavy atom. The molecule has 0 bridgehead atoms. The maximum atomic E-state index is 5.39. The molecule has 8 nitrogen and oxygen atoms in total. The third-order valence-electron chi connectivity index (χ3n) is 4.77. The Balaban J connectivity index is 1.28. The van der Waals surface area contributed by atoms with Gasteiger partial charge in [0.1, 0.15) is 5.52 Å². The Morgan fingerprint density at radius 1 is 1.04 bits per heavy atom. The Bertz CT molecular complexity index is 1130. The minimum absolute atomic E-state index is 0.347. The molecule has 0 aliphatic carbocycles. The summed E-state index contributed by atoms with van der Waals surface area (Å²) < 4.78 is 5.39. The van der Waals surface area contributed by atoms with Crippen LogP contribution < -0.4 is 10.3 Å². The zero-order chi connectivity index (χ0) is 18.8. The van der Waals surface area contributed by atoms with Gasteiger partial charge in [0, 0.05) is 29.7 Å². The highest BCUT2D eigenvalue weighted by molar-refractivity contribution is 6.03. The molecule has 1 fully saturated rings. The highest BCUT2D eigenvalue weighted by Crippen LogP contribution is 2.21. The van der Waals surface area contributed by atoms with Crippen molar-refractivity contribution < 1.29 is 4.74 Å². The molecule has 1 saturated heterocycles. The molecular formula is C20H19N7O. The van der Waals surface area contributed by atoms with Crippen LogP contribution in [0.3, 0.4) is 0 Å². The zero-order valence-electron chi connectivity index (χ0n) is 15.2. The third kappa shape index (κ3) is 3.25. The average Bonchev–Trinajstić information content (AvgIpc) is 3.13. The van der Waals surface area contributed by atoms with Crippen LogP contribution in [-0.4, -0.2) is 52.7 Å². The molecular weight excluding hydrogens is 354 g/mol. The highest BCUT2D eigenvalue weighted by Gasteiger charge is 2.10. The van der Waals surface area contributed by atoms with Crippen molar-refractivity contribution in [1.29, 1.82) is 0 Å². The van der Waals surface area contributed by atoms with E-state index < -0.39 is 0 Å². The molecule has 0 amide bonds. The lowest BCUT2D eigenvalue weighted by Gasteiger charge is -2.28. The Labute approximate surface area is 161 Å². The second-order valence-corrected chi connectivity index (χ2v) is 6.56. The van der Waals surface area contributed by atoms with Crippen LogP contribution in [0.2, 0.25) is 0 Å². The van der Waals surface area contributed by atoms with Crippen molar-refractivity contribution in [2.45, 2.75) is 0 Å². The van der Waals surface area contributed by atoms with Crippen LogP contribution in [0, 0.1) is 0 Å². The lowest BCUT2D eigenvalue weighted by Crippen LogP contribution is -2.36. The second-order valence-electron chi connectivity index (χ2n) is 6.56. The number of H-pyrrole nitrogens is 1. The molecule has 1 aliphatic heterocycles. The van der Waals surface area contributed by atoms with E-state index in [2.05, 4.69) is 47.7 Å². The molecule has 28 heavy (non-hydrogen) atoms. The first kappa shape index (κ1) is 16.6. The molecule has 0 saturated carbocycles. The largest absolute Gasteiger partial charge is 0.378 e. The van der Waals surface area contributed by atoms with Gasteiger partial charge in [-0.1, -0.05) is 30.3 Å². The van der Waals surface area contributed by atoms with E-state index in [1.807, 2.05) is 36.4 Å². The van der Waals surface area contributed by atoms with E-state index in [9.17, 15) is 0 Å². The number of nitrogens with one attached hydrogen (secondary N) is 2. The second kappa shape index (κ2) is 7.24. The summed E-state index contributed by atoms with van der Waals surface area (Å²) in [6.45, 7) is 3.41. The van der Waals surface area contributed by atoms with E-state index in [4.69, 9.17) is 4.74 Å². The van der Waals surface area contributed by atoms with Gasteiger partial charge in [-0.15, -0.1) is 10.2 Å². The van der Waals surface area contributed by atoms with Crippen molar-refractivity contribution in [1.82, 2.24) is 20.2 Å². The summed E-state index contributed by atoms with van der Waals surface area (Å²) in [4.78, 5) is 10.0. The number of anilines is 2. The molecule has 140 valence electrons. The standard InChI is InChI=1S/C20H19N7O/c1-2-4-17-16(3-1)18-19(22-17)23-20(26-24-18)25-21-13-14-5-7-15(8-6-14)27-9-11-28-12-10-27/h1-8,13H,9-12H2,(H2,22,23,25,26)/b21-13+. The zero-order valence-corrected chi connectivity index (χ0v) is 15.2. The monoisotopic (exact) mass is 373 g/mol.